The van der Waals surface area contributed by atoms with Gasteiger partial charge >= 0.3 is 0 Å². The molecular weight excluding hydrogens is 226 g/mol. The van der Waals surface area contributed by atoms with E-state index in [0.29, 0.717) is 11.8 Å². The molecule has 2 rings (SSSR count). The summed E-state index contributed by atoms with van der Waals surface area (Å²) in [5, 5.41) is 4.01. The lowest BCUT2D eigenvalue weighted by molar-refractivity contribution is 0.102. The summed E-state index contributed by atoms with van der Waals surface area (Å²) in [7, 11) is 1.90. The Labute approximate surface area is 101 Å². The van der Waals surface area contributed by atoms with Gasteiger partial charge in [-0.15, -0.1) is 0 Å². The van der Waals surface area contributed by atoms with E-state index in [4.69, 9.17) is 16.3 Å². The third kappa shape index (κ3) is 2.97. The topological polar surface area (TPSA) is 39.1 Å². The number of ether oxygens (including phenoxy) is 1. The number of nitrogens with one attached hydrogen (secondary N) is 1. The van der Waals surface area contributed by atoms with E-state index in [2.05, 4.69) is 10.3 Å². The molecule has 1 unspecified atom stereocenters. The molecule has 0 bridgehead atoms. The molecule has 0 radical (unpaired) electrons. The molecular formula is C11H18ClN3O. The van der Waals surface area contributed by atoms with Gasteiger partial charge in [0.1, 0.15) is 17.6 Å². The summed E-state index contributed by atoms with van der Waals surface area (Å²) in [6, 6.07) is 0. The van der Waals surface area contributed by atoms with Crippen LogP contribution in [-0.4, -0.2) is 29.2 Å². The van der Waals surface area contributed by atoms with Crippen LogP contribution in [0.4, 0.5) is 0 Å². The van der Waals surface area contributed by atoms with E-state index in [1.165, 1.54) is 6.42 Å². The summed E-state index contributed by atoms with van der Waals surface area (Å²) in [6.07, 6.45) is 4.06. The standard InChI is InChI=1S/C11H18ClN3O/c1-15-10(12)7-14-11(15)8-16-5-3-9-2-4-13-6-9/h7,9,13H,2-6,8H2,1H3. The van der Waals surface area contributed by atoms with Gasteiger partial charge in [0.2, 0.25) is 0 Å². The van der Waals surface area contributed by atoms with Crippen molar-refractivity contribution in [2.75, 3.05) is 19.7 Å². The zero-order valence-corrected chi connectivity index (χ0v) is 10.3. The molecule has 0 amide bonds. The number of halogens is 1. The lowest BCUT2D eigenvalue weighted by atomic mass is 10.1. The fraction of sp³-hybridized carbons (Fsp3) is 0.727. The van der Waals surface area contributed by atoms with Crippen LogP contribution in [0.25, 0.3) is 0 Å². The lowest BCUT2D eigenvalue weighted by Gasteiger charge is -2.08. The molecule has 1 aromatic rings. The van der Waals surface area contributed by atoms with Gasteiger partial charge in [0.15, 0.2) is 0 Å². The monoisotopic (exact) mass is 243 g/mol. The first-order valence-electron chi connectivity index (χ1n) is 5.72. The van der Waals surface area contributed by atoms with Crippen molar-refractivity contribution in [3.63, 3.8) is 0 Å². The average molecular weight is 244 g/mol. The molecule has 1 atom stereocenters. The van der Waals surface area contributed by atoms with E-state index in [1.54, 1.807) is 6.20 Å². The maximum Gasteiger partial charge on any atom is 0.135 e. The lowest BCUT2D eigenvalue weighted by Crippen LogP contribution is -2.11. The second-order valence-electron chi connectivity index (χ2n) is 4.26. The average Bonchev–Trinajstić information content (AvgIpc) is 2.88. The van der Waals surface area contributed by atoms with Crippen molar-refractivity contribution in [1.82, 2.24) is 14.9 Å². The summed E-state index contributed by atoms with van der Waals surface area (Å²) >= 11 is 5.88. The van der Waals surface area contributed by atoms with E-state index in [9.17, 15) is 0 Å². The van der Waals surface area contributed by atoms with Crippen LogP contribution in [-0.2, 0) is 18.4 Å². The fourth-order valence-electron chi connectivity index (χ4n) is 1.93. The van der Waals surface area contributed by atoms with Crippen molar-refractivity contribution >= 4 is 11.6 Å². The van der Waals surface area contributed by atoms with Gasteiger partial charge in [-0.25, -0.2) is 4.98 Å². The van der Waals surface area contributed by atoms with Crippen molar-refractivity contribution in [3.05, 3.63) is 17.2 Å². The van der Waals surface area contributed by atoms with E-state index in [1.807, 2.05) is 11.6 Å². The fourth-order valence-corrected chi connectivity index (χ4v) is 2.08. The number of aromatic nitrogens is 2. The summed E-state index contributed by atoms with van der Waals surface area (Å²) in [5.74, 6) is 1.67. The van der Waals surface area contributed by atoms with Gasteiger partial charge in [0, 0.05) is 13.7 Å². The number of imidazole rings is 1. The maximum absolute atomic E-state index is 5.88. The van der Waals surface area contributed by atoms with Crippen LogP contribution >= 0.6 is 11.6 Å². The number of hydrogen-bond acceptors (Lipinski definition) is 3. The minimum absolute atomic E-state index is 0.545. The van der Waals surface area contributed by atoms with E-state index in [-0.39, 0.29) is 0 Å². The molecule has 1 aliphatic heterocycles. The molecule has 1 aliphatic rings. The third-order valence-electron chi connectivity index (χ3n) is 3.09. The smallest absolute Gasteiger partial charge is 0.135 e. The van der Waals surface area contributed by atoms with Crippen LogP contribution in [0.3, 0.4) is 0 Å². The molecule has 2 heterocycles. The Bertz CT molecular complexity index is 334. The zero-order valence-electron chi connectivity index (χ0n) is 9.58. The third-order valence-corrected chi connectivity index (χ3v) is 3.44. The van der Waals surface area contributed by atoms with Gasteiger partial charge in [0.05, 0.1) is 6.20 Å². The van der Waals surface area contributed by atoms with Crippen LogP contribution in [0.5, 0.6) is 0 Å². The molecule has 4 nitrogen and oxygen atoms in total. The summed E-state index contributed by atoms with van der Waals surface area (Å²) in [6.45, 7) is 3.64. The Hall–Kier alpha value is -0.580. The molecule has 16 heavy (non-hydrogen) atoms. The highest BCUT2D eigenvalue weighted by Crippen LogP contribution is 2.13. The SMILES string of the molecule is Cn1c(Cl)cnc1COCCC1CCNC1. The van der Waals surface area contributed by atoms with Crippen LogP contribution in [0.1, 0.15) is 18.7 Å². The highest BCUT2D eigenvalue weighted by atomic mass is 35.5. The van der Waals surface area contributed by atoms with Crippen molar-refractivity contribution < 1.29 is 4.74 Å². The van der Waals surface area contributed by atoms with E-state index < -0.39 is 0 Å². The van der Waals surface area contributed by atoms with Crippen molar-refractivity contribution in [1.29, 1.82) is 0 Å². The minimum atomic E-state index is 0.545. The molecule has 0 aromatic carbocycles. The first kappa shape index (κ1) is 11.9. The van der Waals surface area contributed by atoms with Crippen LogP contribution in [0.2, 0.25) is 5.15 Å². The maximum atomic E-state index is 5.88. The van der Waals surface area contributed by atoms with Gasteiger partial charge in [-0.2, -0.15) is 0 Å². The largest absolute Gasteiger partial charge is 0.374 e. The van der Waals surface area contributed by atoms with Gasteiger partial charge in [-0.05, 0) is 31.8 Å². The number of rotatable bonds is 5. The minimum Gasteiger partial charge on any atom is -0.374 e. The van der Waals surface area contributed by atoms with Crippen molar-refractivity contribution in [3.8, 4) is 0 Å². The Balaban J connectivity index is 1.66. The van der Waals surface area contributed by atoms with Gasteiger partial charge in [-0.1, -0.05) is 11.6 Å². The summed E-state index contributed by atoms with van der Waals surface area (Å²) < 4.78 is 7.45. The zero-order chi connectivity index (χ0) is 11.4. The second-order valence-corrected chi connectivity index (χ2v) is 4.64. The highest BCUT2D eigenvalue weighted by Gasteiger charge is 2.13. The Kier molecular flexibility index (Phi) is 4.21. The number of nitrogens with zero attached hydrogens (tertiary/aromatic N) is 2. The van der Waals surface area contributed by atoms with Crippen LogP contribution < -0.4 is 5.32 Å². The molecule has 1 aromatic heterocycles. The molecule has 1 saturated heterocycles. The van der Waals surface area contributed by atoms with Gasteiger partial charge in [0.25, 0.3) is 0 Å². The molecule has 0 saturated carbocycles. The first-order valence-corrected chi connectivity index (χ1v) is 6.09. The Morgan fingerprint density at radius 1 is 1.69 bits per heavy atom. The quantitative estimate of drug-likeness (QED) is 0.799. The van der Waals surface area contributed by atoms with Crippen LogP contribution in [0, 0.1) is 5.92 Å². The molecule has 1 N–H and O–H groups in total. The molecule has 0 spiro atoms. The predicted octanol–water partition coefficient (Wildman–Crippen LogP) is 1.59. The summed E-state index contributed by atoms with van der Waals surface area (Å²) in [5.41, 5.74) is 0. The van der Waals surface area contributed by atoms with Gasteiger partial charge in [-0.3, -0.25) is 0 Å². The van der Waals surface area contributed by atoms with Crippen molar-refractivity contribution in [2.45, 2.75) is 19.4 Å². The molecule has 1 fully saturated rings. The Morgan fingerprint density at radius 2 is 2.56 bits per heavy atom. The Morgan fingerprint density at radius 3 is 3.19 bits per heavy atom. The molecule has 90 valence electrons. The van der Waals surface area contributed by atoms with Crippen LogP contribution in [0.15, 0.2) is 6.20 Å². The molecule has 5 heteroatoms. The van der Waals surface area contributed by atoms with E-state index >= 15 is 0 Å². The normalized spacial score (nSPS) is 20.5. The van der Waals surface area contributed by atoms with E-state index in [0.717, 1.165) is 37.9 Å². The second kappa shape index (κ2) is 5.66. The summed E-state index contributed by atoms with van der Waals surface area (Å²) in [4.78, 5) is 4.18. The number of hydrogen-bond donors (Lipinski definition) is 1. The predicted molar refractivity (Wildman–Crippen MR) is 63.5 cm³/mol. The molecule has 0 aliphatic carbocycles. The van der Waals surface area contributed by atoms with Gasteiger partial charge < -0.3 is 14.6 Å². The highest BCUT2D eigenvalue weighted by molar-refractivity contribution is 6.29. The first-order chi connectivity index (χ1) is 7.77. The van der Waals surface area contributed by atoms with Crippen molar-refractivity contribution in [2.24, 2.45) is 13.0 Å².